The first-order valence-corrected chi connectivity index (χ1v) is 6.15. The lowest BCUT2D eigenvalue weighted by Gasteiger charge is -2.23. The monoisotopic (exact) mass is 220 g/mol. The van der Waals surface area contributed by atoms with Crippen molar-refractivity contribution in [2.75, 3.05) is 0 Å². The second-order valence-corrected chi connectivity index (χ2v) is 6.04. The first kappa shape index (κ1) is 13.1. The summed E-state index contributed by atoms with van der Waals surface area (Å²) in [6.07, 6.45) is 3.36. The standard InChI is InChI=1S/C15H24O/c1-12(11-15(2,3)4)9-10-13-7-5-6-8-14(13)16/h5-8,12,16H,9-11H2,1-4H3. The van der Waals surface area contributed by atoms with Crippen LogP contribution in [0.5, 0.6) is 5.75 Å². The number of benzene rings is 1. The molecule has 0 aromatic heterocycles. The fraction of sp³-hybridized carbons (Fsp3) is 0.600. The molecule has 1 unspecified atom stereocenters. The summed E-state index contributed by atoms with van der Waals surface area (Å²) in [6.45, 7) is 9.14. The molecule has 0 aliphatic carbocycles. The molecular formula is C15H24O. The van der Waals surface area contributed by atoms with Crippen molar-refractivity contribution in [2.24, 2.45) is 11.3 Å². The minimum atomic E-state index is 0.401. The molecule has 0 amide bonds. The maximum absolute atomic E-state index is 9.66. The van der Waals surface area contributed by atoms with E-state index in [1.54, 1.807) is 6.07 Å². The van der Waals surface area contributed by atoms with Gasteiger partial charge in [0.25, 0.3) is 0 Å². The molecule has 0 saturated heterocycles. The molecule has 16 heavy (non-hydrogen) atoms. The quantitative estimate of drug-likeness (QED) is 0.797. The highest BCUT2D eigenvalue weighted by Gasteiger charge is 2.15. The van der Waals surface area contributed by atoms with Crippen LogP contribution < -0.4 is 0 Å². The lowest BCUT2D eigenvalue weighted by Crippen LogP contribution is -2.11. The lowest BCUT2D eigenvalue weighted by atomic mass is 9.83. The van der Waals surface area contributed by atoms with E-state index >= 15 is 0 Å². The van der Waals surface area contributed by atoms with E-state index < -0.39 is 0 Å². The van der Waals surface area contributed by atoms with E-state index in [9.17, 15) is 5.11 Å². The highest BCUT2D eigenvalue weighted by Crippen LogP contribution is 2.28. The van der Waals surface area contributed by atoms with Crippen LogP contribution in [0, 0.1) is 11.3 Å². The van der Waals surface area contributed by atoms with E-state index in [4.69, 9.17) is 0 Å². The third-order valence-corrected chi connectivity index (χ3v) is 2.86. The number of phenols is 1. The third kappa shape index (κ3) is 4.69. The lowest BCUT2D eigenvalue weighted by molar-refractivity contribution is 0.296. The SMILES string of the molecule is CC(CCc1ccccc1O)CC(C)(C)C. The molecular weight excluding hydrogens is 196 g/mol. The number of phenolic OH excluding ortho intramolecular Hbond substituents is 1. The number of aryl methyl sites for hydroxylation is 1. The Labute approximate surface area is 99.5 Å². The second kappa shape index (κ2) is 5.38. The molecule has 1 rings (SSSR count). The minimum Gasteiger partial charge on any atom is -0.508 e. The minimum absolute atomic E-state index is 0.401. The number of hydrogen-bond acceptors (Lipinski definition) is 1. The predicted octanol–water partition coefficient (Wildman–Crippen LogP) is 4.40. The topological polar surface area (TPSA) is 20.2 Å². The van der Waals surface area contributed by atoms with Crippen LogP contribution in [-0.2, 0) is 6.42 Å². The molecule has 0 fully saturated rings. The van der Waals surface area contributed by atoms with Crippen molar-refractivity contribution < 1.29 is 5.11 Å². The summed E-state index contributed by atoms with van der Waals surface area (Å²) in [7, 11) is 0. The van der Waals surface area contributed by atoms with Gasteiger partial charge >= 0.3 is 0 Å². The summed E-state index contributed by atoms with van der Waals surface area (Å²) < 4.78 is 0. The van der Waals surface area contributed by atoms with E-state index in [-0.39, 0.29) is 0 Å². The Morgan fingerprint density at radius 2 is 1.81 bits per heavy atom. The van der Waals surface area contributed by atoms with Crippen molar-refractivity contribution in [3.05, 3.63) is 29.8 Å². The summed E-state index contributed by atoms with van der Waals surface area (Å²) in [5, 5.41) is 9.66. The van der Waals surface area contributed by atoms with Gasteiger partial charge in [-0.1, -0.05) is 45.9 Å². The molecule has 1 N–H and O–H groups in total. The maximum atomic E-state index is 9.66. The highest BCUT2D eigenvalue weighted by molar-refractivity contribution is 5.31. The summed E-state index contributed by atoms with van der Waals surface area (Å²) in [5.41, 5.74) is 1.47. The molecule has 1 atom stereocenters. The van der Waals surface area contributed by atoms with Gasteiger partial charge in [-0.3, -0.25) is 0 Å². The predicted molar refractivity (Wildman–Crippen MR) is 69.7 cm³/mol. The van der Waals surface area contributed by atoms with Crippen molar-refractivity contribution in [3.8, 4) is 5.75 Å². The molecule has 0 spiro atoms. The summed E-state index contributed by atoms with van der Waals surface area (Å²) in [4.78, 5) is 0. The summed E-state index contributed by atoms with van der Waals surface area (Å²) in [5.74, 6) is 1.14. The van der Waals surface area contributed by atoms with Gasteiger partial charge in [-0.25, -0.2) is 0 Å². The van der Waals surface area contributed by atoms with Crippen LogP contribution in [0.15, 0.2) is 24.3 Å². The smallest absolute Gasteiger partial charge is 0.118 e. The molecule has 0 aliphatic heterocycles. The van der Waals surface area contributed by atoms with Crippen LogP contribution in [0.4, 0.5) is 0 Å². The molecule has 1 aromatic carbocycles. The van der Waals surface area contributed by atoms with Gasteiger partial charge in [0.05, 0.1) is 0 Å². The largest absolute Gasteiger partial charge is 0.508 e. The highest BCUT2D eigenvalue weighted by atomic mass is 16.3. The zero-order valence-electron chi connectivity index (χ0n) is 11.0. The van der Waals surface area contributed by atoms with Crippen LogP contribution in [0.3, 0.4) is 0 Å². The van der Waals surface area contributed by atoms with E-state index in [1.807, 2.05) is 18.2 Å². The number of aromatic hydroxyl groups is 1. The van der Waals surface area contributed by atoms with Gasteiger partial charge in [0.1, 0.15) is 5.75 Å². The van der Waals surface area contributed by atoms with Crippen molar-refractivity contribution >= 4 is 0 Å². The average molecular weight is 220 g/mol. The van der Waals surface area contributed by atoms with E-state index in [1.165, 1.54) is 6.42 Å². The van der Waals surface area contributed by atoms with Crippen LogP contribution in [-0.4, -0.2) is 5.11 Å². The average Bonchev–Trinajstić information content (AvgIpc) is 2.14. The molecule has 0 saturated carbocycles. The maximum Gasteiger partial charge on any atom is 0.118 e. The second-order valence-electron chi connectivity index (χ2n) is 6.04. The van der Waals surface area contributed by atoms with Crippen LogP contribution in [0.1, 0.15) is 46.1 Å². The van der Waals surface area contributed by atoms with Crippen molar-refractivity contribution in [1.29, 1.82) is 0 Å². The Kier molecular flexibility index (Phi) is 4.40. The molecule has 1 heteroatoms. The first-order valence-electron chi connectivity index (χ1n) is 6.15. The van der Waals surface area contributed by atoms with Gasteiger partial charge in [0.2, 0.25) is 0 Å². The van der Waals surface area contributed by atoms with Gasteiger partial charge in [-0.2, -0.15) is 0 Å². The van der Waals surface area contributed by atoms with E-state index in [2.05, 4.69) is 27.7 Å². The Balaban J connectivity index is 2.43. The fourth-order valence-electron chi connectivity index (χ4n) is 2.27. The number of rotatable bonds is 4. The number of para-hydroxylation sites is 1. The zero-order chi connectivity index (χ0) is 12.2. The van der Waals surface area contributed by atoms with Gasteiger partial charge in [0.15, 0.2) is 0 Å². The van der Waals surface area contributed by atoms with Crippen LogP contribution in [0.25, 0.3) is 0 Å². The van der Waals surface area contributed by atoms with Crippen molar-refractivity contribution in [1.82, 2.24) is 0 Å². The van der Waals surface area contributed by atoms with Gasteiger partial charge < -0.3 is 5.11 Å². The molecule has 0 aliphatic rings. The Bertz CT molecular complexity index is 322. The number of hydrogen-bond donors (Lipinski definition) is 1. The van der Waals surface area contributed by atoms with Gasteiger partial charge in [-0.15, -0.1) is 0 Å². The third-order valence-electron chi connectivity index (χ3n) is 2.86. The molecule has 0 radical (unpaired) electrons. The van der Waals surface area contributed by atoms with Crippen LogP contribution >= 0.6 is 0 Å². The van der Waals surface area contributed by atoms with Crippen molar-refractivity contribution in [3.63, 3.8) is 0 Å². The normalized spacial score (nSPS) is 13.8. The van der Waals surface area contributed by atoms with Gasteiger partial charge in [-0.05, 0) is 42.2 Å². The molecule has 0 heterocycles. The molecule has 1 aromatic rings. The molecule has 90 valence electrons. The van der Waals surface area contributed by atoms with E-state index in [0.29, 0.717) is 17.1 Å². The molecule has 1 nitrogen and oxygen atoms in total. The fourth-order valence-corrected chi connectivity index (χ4v) is 2.27. The summed E-state index contributed by atoms with van der Waals surface area (Å²) in [6, 6.07) is 7.64. The molecule has 0 bridgehead atoms. The van der Waals surface area contributed by atoms with Gasteiger partial charge in [0, 0.05) is 0 Å². The Morgan fingerprint density at radius 1 is 1.19 bits per heavy atom. The van der Waals surface area contributed by atoms with Crippen LogP contribution in [0.2, 0.25) is 0 Å². The first-order chi connectivity index (χ1) is 7.38. The zero-order valence-corrected chi connectivity index (χ0v) is 11.0. The van der Waals surface area contributed by atoms with Crippen molar-refractivity contribution in [2.45, 2.75) is 47.0 Å². The Hall–Kier alpha value is -0.980. The summed E-state index contributed by atoms with van der Waals surface area (Å²) >= 11 is 0. The Morgan fingerprint density at radius 3 is 2.38 bits per heavy atom. The van der Waals surface area contributed by atoms with E-state index in [0.717, 1.165) is 18.4 Å².